The molecule has 1 aromatic carbocycles. The largest absolute Gasteiger partial charge is 0.383 e. The van der Waals surface area contributed by atoms with Gasteiger partial charge in [-0.3, -0.25) is 19.2 Å². The molecule has 8 nitrogen and oxygen atoms in total. The second-order valence-electron chi connectivity index (χ2n) is 7.95. The van der Waals surface area contributed by atoms with E-state index in [1.165, 1.54) is 25.1 Å². The molecule has 6 atom stereocenters. The molecule has 6 unspecified atom stereocenters. The molecule has 0 saturated carbocycles. The topological polar surface area (TPSA) is 119 Å². The van der Waals surface area contributed by atoms with Crippen molar-refractivity contribution in [3.63, 3.8) is 0 Å². The number of carbonyl (C=O) groups is 4. The molecule has 0 bridgehead atoms. The van der Waals surface area contributed by atoms with Gasteiger partial charge in [0.1, 0.15) is 5.60 Å². The summed E-state index contributed by atoms with van der Waals surface area (Å²) in [6.07, 6.45) is 1.50. The number of aliphatic hydroxyl groups is 1. The third-order valence-electron chi connectivity index (χ3n) is 6.69. The summed E-state index contributed by atoms with van der Waals surface area (Å²) < 4.78 is 11.3. The summed E-state index contributed by atoms with van der Waals surface area (Å²) in [5, 5.41) is 13.6. The number of rotatable bonds is 4. The lowest BCUT2D eigenvalue weighted by molar-refractivity contribution is -0.189. The minimum atomic E-state index is -2.42. The van der Waals surface area contributed by atoms with Crippen LogP contribution in [0.2, 0.25) is 0 Å². The normalized spacial score (nSPS) is 40.0. The van der Waals surface area contributed by atoms with Gasteiger partial charge in [0.15, 0.2) is 17.7 Å². The molecule has 158 valence electrons. The third kappa shape index (κ3) is 2.21. The van der Waals surface area contributed by atoms with Crippen molar-refractivity contribution in [2.75, 3.05) is 7.11 Å². The summed E-state index contributed by atoms with van der Waals surface area (Å²) in [5.41, 5.74) is -6.07. The predicted octanol–water partition coefficient (Wildman–Crippen LogP) is 0.581. The Morgan fingerprint density at radius 3 is 2.50 bits per heavy atom. The van der Waals surface area contributed by atoms with Gasteiger partial charge in [-0.05, 0) is 12.5 Å². The molecular formula is C22H23NO7. The molecule has 3 aliphatic rings. The molecular weight excluding hydrogens is 390 g/mol. The van der Waals surface area contributed by atoms with E-state index in [2.05, 4.69) is 5.32 Å². The van der Waals surface area contributed by atoms with Crippen molar-refractivity contribution in [2.45, 2.75) is 43.3 Å². The number of hydrogen-bond acceptors (Lipinski definition) is 7. The van der Waals surface area contributed by atoms with Gasteiger partial charge in [0, 0.05) is 18.6 Å². The van der Waals surface area contributed by atoms with E-state index in [-0.39, 0.29) is 5.56 Å². The highest BCUT2D eigenvalue weighted by molar-refractivity contribution is 6.21. The van der Waals surface area contributed by atoms with Crippen LogP contribution in [0.25, 0.3) is 0 Å². The van der Waals surface area contributed by atoms with E-state index < -0.39 is 58.1 Å². The van der Waals surface area contributed by atoms with Gasteiger partial charge in [0.2, 0.25) is 17.1 Å². The van der Waals surface area contributed by atoms with Gasteiger partial charge in [-0.2, -0.15) is 0 Å². The summed E-state index contributed by atoms with van der Waals surface area (Å²) in [4.78, 5) is 52.5. The number of Topliss-reactive ketones (excluding diaryl/α,β-unsaturated/α-hetero) is 2. The maximum Gasteiger partial charge on any atom is 0.265 e. The minimum Gasteiger partial charge on any atom is -0.383 e. The standard InChI is InChI=1S/C22H23NO7/c1-4-14-10-11-15(24)20(14)12(2)16(25)21(30-20)18(27)22(29-3,23-19(21)28)17(26)13-8-6-5-7-9-13/h5-12,14,18,27H,4H2,1-3H3,(H,23,28). The van der Waals surface area contributed by atoms with E-state index in [0.717, 1.165) is 7.11 Å². The third-order valence-corrected chi connectivity index (χ3v) is 6.69. The number of amides is 1. The first kappa shape index (κ1) is 20.6. The molecule has 1 amide bonds. The lowest BCUT2D eigenvalue weighted by Gasteiger charge is -2.35. The zero-order chi connectivity index (χ0) is 21.9. The SMILES string of the molecule is CCC1C=CC(=O)C12OC1(C(=O)NC(OC)(C(=O)c3ccccc3)C1O)C(=O)C2C. The molecule has 2 heterocycles. The van der Waals surface area contributed by atoms with Gasteiger partial charge in [-0.25, -0.2) is 0 Å². The van der Waals surface area contributed by atoms with Crippen LogP contribution < -0.4 is 5.32 Å². The van der Waals surface area contributed by atoms with Crippen molar-refractivity contribution in [3.05, 3.63) is 48.0 Å². The number of benzene rings is 1. The lowest BCUT2D eigenvalue weighted by atomic mass is 9.75. The monoisotopic (exact) mass is 413 g/mol. The zero-order valence-corrected chi connectivity index (χ0v) is 16.9. The summed E-state index contributed by atoms with van der Waals surface area (Å²) in [6, 6.07) is 7.97. The van der Waals surface area contributed by atoms with E-state index in [1.807, 2.05) is 6.92 Å². The van der Waals surface area contributed by atoms with E-state index in [9.17, 15) is 24.3 Å². The van der Waals surface area contributed by atoms with Gasteiger partial charge in [0.05, 0.1) is 5.92 Å². The summed E-state index contributed by atoms with van der Waals surface area (Å²) >= 11 is 0. The molecule has 2 spiro atoms. The van der Waals surface area contributed by atoms with E-state index >= 15 is 0 Å². The van der Waals surface area contributed by atoms with Gasteiger partial charge in [-0.1, -0.05) is 50.3 Å². The molecule has 2 saturated heterocycles. The molecule has 30 heavy (non-hydrogen) atoms. The first-order chi connectivity index (χ1) is 14.2. The molecule has 1 aliphatic carbocycles. The van der Waals surface area contributed by atoms with Crippen molar-refractivity contribution in [1.82, 2.24) is 5.32 Å². The van der Waals surface area contributed by atoms with Crippen LogP contribution in [0.15, 0.2) is 42.5 Å². The zero-order valence-electron chi connectivity index (χ0n) is 16.9. The van der Waals surface area contributed by atoms with Gasteiger partial charge in [-0.15, -0.1) is 0 Å². The number of carbonyl (C=O) groups excluding carboxylic acids is 4. The highest BCUT2D eigenvalue weighted by Gasteiger charge is 2.79. The van der Waals surface area contributed by atoms with Crippen molar-refractivity contribution in [2.24, 2.45) is 11.8 Å². The highest BCUT2D eigenvalue weighted by Crippen LogP contribution is 2.53. The fraction of sp³-hybridized carbons (Fsp3) is 0.455. The number of hydrogen-bond donors (Lipinski definition) is 2. The molecule has 2 N–H and O–H groups in total. The Morgan fingerprint density at radius 1 is 1.23 bits per heavy atom. The second-order valence-corrected chi connectivity index (χ2v) is 7.95. The van der Waals surface area contributed by atoms with Crippen LogP contribution in [0.1, 0.15) is 30.6 Å². The Bertz CT molecular complexity index is 973. The van der Waals surface area contributed by atoms with Crippen LogP contribution in [0, 0.1) is 11.8 Å². The van der Waals surface area contributed by atoms with Crippen LogP contribution in [0.3, 0.4) is 0 Å². The molecule has 4 rings (SSSR count). The Hall–Kier alpha value is -2.68. The van der Waals surface area contributed by atoms with Gasteiger partial charge < -0.3 is 19.9 Å². The average molecular weight is 413 g/mol. The summed E-state index contributed by atoms with van der Waals surface area (Å²) in [6.45, 7) is 3.35. The molecule has 8 heteroatoms. The second kappa shape index (κ2) is 6.66. The first-order valence-corrected chi connectivity index (χ1v) is 9.85. The van der Waals surface area contributed by atoms with Crippen LogP contribution in [0.4, 0.5) is 0 Å². The number of nitrogens with one attached hydrogen (secondary N) is 1. The number of aliphatic hydroxyl groups excluding tert-OH is 1. The number of methoxy groups -OCH3 is 1. The molecule has 2 aliphatic heterocycles. The summed E-state index contributed by atoms with van der Waals surface area (Å²) in [7, 11) is 1.15. The fourth-order valence-corrected chi connectivity index (χ4v) is 5.01. The van der Waals surface area contributed by atoms with Gasteiger partial charge >= 0.3 is 0 Å². The van der Waals surface area contributed by atoms with Crippen LogP contribution in [-0.4, -0.2) is 58.5 Å². The van der Waals surface area contributed by atoms with Crippen molar-refractivity contribution in [3.8, 4) is 0 Å². The Balaban J connectivity index is 1.82. The molecule has 0 aromatic heterocycles. The molecule has 0 radical (unpaired) electrons. The lowest BCUT2D eigenvalue weighted by Crippen LogP contribution is -2.61. The average Bonchev–Trinajstić information content (AvgIpc) is 3.29. The number of ether oxygens (including phenoxy) is 2. The molecule has 2 fully saturated rings. The maximum atomic E-state index is 13.4. The molecule has 1 aromatic rings. The number of ketones is 3. The first-order valence-electron chi connectivity index (χ1n) is 9.85. The van der Waals surface area contributed by atoms with E-state index in [1.54, 1.807) is 24.3 Å². The van der Waals surface area contributed by atoms with Crippen LogP contribution in [0.5, 0.6) is 0 Å². The van der Waals surface area contributed by atoms with Crippen molar-refractivity contribution < 1.29 is 33.8 Å². The highest BCUT2D eigenvalue weighted by atomic mass is 16.6. The van der Waals surface area contributed by atoms with Gasteiger partial charge in [0.25, 0.3) is 5.91 Å². The van der Waals surface area contributed by atoms with Crippen LogP contribution >= 0.6 is 0 Å². The summed E-state index contributed by atoms with van der Waals surface area (Å²) in [5.74, 6) is -4.34. The predicted molar refractivity (Wildman–Crippen MR) is 103 cm³/mol. The fourth-order valence-electron chi connectivity index (χ4n) is 5.01. The Kier molecular flexibility index (Phi) is 4.57. The van der Waals surface area contributed by atoms with Crippen molar-refractivity contribution in [1.29, 1.82) is 0 Å². The maximum absolute atomic E-state index is 13.4. The Morgan fingerprint density at radius 2 is 1.90 bits per heavy atom. The quantitative estimate of drug-likeness (QED) is 0.547. The smallest absolute Gasteiger partial charge is 0.265 e. The van der Waals surface area contributed by atoms with E-state index in [0.29, 0.717) is 6.42 Å². The van der Waals surface area contributed by atoms with E-state index in [4.69, 9.17) is 9.47 Å². The van der Waals surface area contributed by atoms with Crippen LogP contribution in [-0.2, 0) is 23.9 Å². The van der Waals surface area contributed by atoms with Crippen molar-refractivity contribution >= 4 is 23.3 Å². The Labute approximate surface area is 173 Å². The minimum absolute atomic E-state index is 0.175.